The maximum absolute atomic E-state index is 13.5. The van der Waals surface area contributed by atoms with Gasteiger partial charge in [-0.05, 0) is 43.5 Å². The molecule has 146 valence electrons. The molecule has 6 nitrogen and oxygen atoms in total. The van der Waals surface area contributed by atoms with Gasteiger partial charge in [-0.15, -0.1) is 0 Å². The molecule has 2 heterocycles. The van der Waals surface area contributed by atoms with Crippen molar-refractivity contribution >= 4 is 5.91 Å². The molecule has 0 unspecified atom stereocenters. The summed E-state index contributed by atoms with van der Waals surface area (Å²) in [5.41, 5.74) is 1.94. The van der Waals surface area contributed by atoms with E-state index < -0.39 is 5.82 Å². The standard InChI is InChI=1S/C21H24FN5O/c1-16(28)27(14-18-11-24-15-25-12-18)20-3-2-7-26(8-6-20)13-17-4-5-21(22)19(9-17)10-23/h4-5,9,11-12,15,20H,2-3,6-8,13-14H2,1H3/t20-/m1/s1. The molecular formula is C21H24FN5O. The van der Waals surface area contributed by atoms with Crippen LogP contribution in [0.5, 0.6) is 0 Å². The van der Waals surface area contributed by atoms with Crippen molar-refractivity contribution in [2.45, 2.75) is 45.3 Å². The van der Waals surface area contributed by atoms with Crippen LogP contribution < -0.4 is 0 Å². The van der Waals surface area contributed by atoms with Crippen molar-refractivity contribution in [2.24, 2.45) is 0 Å². The molecule has 1 aromatic carbocycles. The largest absolute Gasteiger partial charge is 0.335 e. The molecule has 1 saturated heterocycles. The van der Waals surface area contributed by atoms with Crippen LogP contribution in [0.15, 0.2) is 36.9 Å². The van der Waals surface area contributed by atoms with Crippen molar-refractivity contribution < 1.29 is 9.18 Å². The Morgan fingerprint density at radius 3 is 2.79 bits per heavy atom. The minimum absolute atomic E-state index is 0.0551. The summed E-state index contributed by atoms with van der Waals surface area (Å²) >= 11 is 0. The number of halogens is 1. The third-order valence-electron chi connectivity index (χ3n) is 5.16. The first-order chi connectivity index (χ1) is 13.6. The van der Waals surface area contributed by atoms with Gasteiger partial charge in [-0.3, -0.25) is 9.69 Å². The van der Waals surface area contributed by atoms with Gasteiger partial charge < -0.3 is 4.90 Å². The maximum Gasteiger partial charge on any atom is 0.219 e. The number of likely N-dealkylation sites (tertiary alicyclic amines) is 1. The first-order valence-electron chi connectivity index (χ1n) is 9.49. The molecule has 1 amide bonds. The summed E-state index contributed by atoms with van der Waals surface area (Å²) < 4.78 is 13.5. The van der Waals surface area contributed by atoms with Gasteiger partial charge in [-0.25, -0.2) is 14.4 Å². The topological polar surface area (TPSA) is 73.1 Å². The highest BCUT2D eigenvalue weighted by atomic mass is 19.1. The molecule has 0 aliphatic carbocycles. The Labute approximate surface area is 164 Å². The van der Waals surface area contributed by atoms with Crippen molar-refractivity contribution in [1.82, 2.24) is 19.8 Å². The third-order valence-corrected chi connectivity index (χ3v) is 5.16. The van der Waals surface area contributed by atoms with Crippen molar-refractivity contribution in [3.8, 4) is 6.07 Å². The Balaban J connectivity index is 1.63. The lowest BCUT2D eigenvalue weighted by molar-refractivity contribution is -0.132. The molecule has 1 aliphatic rings. The average Bonchev–Trinajstić information content (AvgIpc) is 2.93. The van der Waals surface area contributed by atoms with Crippen LogP contribution in [0.1, 0.15) is 42.9 Å². The third kappa shape index (κ3) is 5.11. The highest BCUT2D eigenvalue weighted by Gasteiger charge is 2.25. The summed E-state index contributed by atoms with van der Waals surface area (Å²) in [5.74, 6) is -0.427. The van der Waals surface area contributed by atoms with Gasteiger partial charge in [0.25, 0.3) is 0 Å². The molecule has 1 atom stereocenters. The molecule has 3 rings (SSSR count). The Hall–Kier alpha value is -2.85. The highest BCUT2D eigenvalue weighted by Crippen LogP contribution is 2.21. The lowest BCUT2D eigenvalue weighted by atomic mass is 10.1. The zero-order valence-electron chi connectivity index (χ0n) is 16.0. The van der Waals surface area contributed by atoms with Crippen molar-refractivity contribution in [3.63, 3.8) is 0 Å². The van der Waals surface area contributed by atoms with E-state index in [1.54, 1.807) is 31.5 Å². The predicted octanol–water partition coefficient (Wildman–Crippen LogP) is 2.89. The van der Waals surface area contributed by atoms with Gasteiger partial charge in [0.1, 0.15) is 18.2 Å². The summed E-state index contributed by atoms with van der Waals surface area (Å²) in [7, 11) is 0. The van der Waals surface area contributed by atoms with E-state index in [2.05, 4.69) is 14.9 Å². The monoisotopic (exact) mass is 381 g/mol. The fraction of sp³-hybridized carbons (Fsp3) is 0.429. The number of hydrogen-bond donors (Lipinski definition) is 0. The van der Waals surface area contributed by atoms with Crippen LogP contribution in [0.4, 0.5) is 4.39 Å². The molecule has 0 spiro atoms. The zero-order chi connectivity index (χ0) is 19.9. The molecular weight excluding hydrogens is 357 g/mol. The Kier molecular flexibility index (Phi) is 6.66. The molecule has 0 saturated carbocycles. The molecule has 1 aliphatic heterocycles. The predicted molar refractivity (Wildman–Crippen MR) is 102 cm³/mol. The minimum Gasteiger partial charge on any atom is -0.335 e. The van der Waals surface area contributed by atoms with Crippen molar-refractivity contribution in [3.05, 3.63) is 59.4 Å². The first kappa shape index (κ1) is 19.9. The van der Waals surface area contributed by atoms with Gasteiger partial charge in [-0.2, -0.15) is 5.26 Å². The normalized spacial score (nSPS) is 17.5. The van der Waals surface area contributed by atoms with E-state index in [9.17, 15) is 9.18 Å². The van der Waals surface area contributed by atoms with Gasteiger partial charge in [0.15, 0.2) is 0 Å². The quantitative estimate of drug-likeness (QED) is 0.796. The Morgan fingerprint density at radius 1 is 1.29 bits per heavy atom. The molecule has 0 bridgehead atoms. The smallest absolute Gasteiger partial charge is 0.219 e. The minimum atomic E-state index is -0.482. The molecule has 2 aromatic rings. The van der Waals surface area contributed by atoms with Crippen LogP contribution in [0.3, 0.4) is 0 Å². The number of benzene rings is 1. The zero-order valence-corrected chi connectivity index (χ0v) is 16.0. The number of nitrogens with zero attached hydrogens (tertiary/aromatic N) is 5. The van der Waals surface area contributed by atoms with Crippen LogP contribution >= 0.6 is 0 Å². The lowest BCUT2D eigenvalue weighted by Crippen LogP contribution is -2.39. The van der Waals surface area contributed by atoms with Gasteiger partial charge >= 0.3 is 0 Å². The van der Waals surface area contributed by atoms with E-state index in [1.807, 2.05) is 11.0 Å². The van der Waals surface area contributed by atoms with Crippen molar-refractivity contribution in [2.75, 3.05) is 13.1 Å². The number of amides is 1. The van der Waals surface area contributed by atoms with Gasteiger partial charge in [0, 0.05) is 50.6 Å². The molecule has 1 fully saturated rings. The second-order valence-electron chi connectivity index (χ2n) is 7.18. The molecule has 7 heteroatoms. The van der Waals surface area contributed by atoms with E-state index in [0.717, 1.165) is 43.5 Å². The number of carbonyl (C=O) groups excluding carboxylic acids is 1. The van der Waals surface area contributed by atoms with E-state index in [4.69, 9.17) is 5.26 Å². The number of hydrogen-bond acceptors (Lipinski definition) is 5. The van der Waals surface area contributed by atoms with Gasteiger partial charge in [0.05, 0.1) is 5.56 Å². The maximum atomic E-state index is 13.5. The number of rotatable bonds is 5. The molecule has 1 aromatic heterocycles. The van der Waals surface area contributed by atoms with E-state index >= 15 is 0 Å². The molecule has 0 radical (unpaired) electrons. The lowest BCUT2D eigenvalue weighted by Gasteiger charge is -2.30. The Bertz CT molecular complexity index is 852. The summed E-state index contributed by atoms with van der Waals surface area (Å²) in [6, 6.07) is 6.77. The summed E-state index contributed by atoms with van der Waals surface area (Å²) in [6.45, 7) is 4.56. The summed E-state index contributed by atoms with van der Waals surface area (Å²) in [6.07, 6.45) is 7.76. The fourth-order valence-corrected chi connectivity index (χ4v) is 3.73. The van der Waals surface area contributed by atoms with Crippen LogP contribution in [-0.2, 0) is 17.9 Å². The van der Waals surface area contributed by atoms with E-state index in [0.29, 0.717) is 13.1 Å². The fourth-order valence-electron chi connectivity index (χ4n) is 3.73. The second-order valence-corrected chi connectivity index (χ2v) is 7.18. The summed E-state index contributed by atoms with van der Waals surface area (Å²) in [5, 5.41) is 9.01. The van der Waals surface area contributed by atoms with Gasteiger partial charge in [0.2, 0.25) is 5.91 Å². The highest BCUT2D eigenvalue weighted by molar-refractivity contribution is 5.73. The van der Waals surface area contributed by atoms with Crippen molar-refractivity contribution in [1.29, 1.82) is 5.26 Å². The van der Waals surface area contributed by atoms with E-state index in [1.165, 1.54) is 12.4 Å². The SMILES string of the molecule is CC(=O)N(Cc1cncnc1)[C@@H]1CCCN(Cc2ccc(F)c(C#N)c2)CC1. The average molecular weight is 381 g/mol. The first-order valence-corrected chi connectivity index (χ1v) is 9.49. The second kappa shape index (κ2) is 9.38. The number of nitriles is 1. The van der Waals surface area contributed by atoms with E-state index in [-0.39, 0.29) is 17.5 Å². The Morgan fingerprint density at radius 2 is 2.07 bits per heavy atom. The van der Waals surface area contributed by atoms with Gasteiger partial charge in [-0.1, -0.05) is 6.07 Å². The van der Waals surface area contributed by atoms with Crippen LogP contribution in [-0.4, -0.2) is 44.8 Å². The van der Waals surface area contributed by atoms with Crippen LogP contribution in [0.2, 0.25) is 0 Å². The van der Waals surface area contributed by atoms with Crippen LogP contribution in [0.25, 0.3) is 0 Å². The van der Waals surface area contributed by atoms with Crippen LogP contribution in [0, 0.1) is 17.1 Å². The number of carbonyl (C=O) groups is 1. The molecule has 28 heavy (non-hydrogen) atoms. The summed E-state index contributed by atoms with van der Waals surface area (Å²) in [4.78, 5) is 24.5. The number of aromatic nitrogens is 2. The molecule has 0 N–H and O–H groups in total.